The van der Waals surface area contributed by atoms with Crippen molar-refractivity contribution in [2.24, 2.45) is 5.11 Å². The Bertz CT molecular complexity index is 497. The number of carbonyl (C=O) groups is 1. The lowest BCUT2D eigenvalue weighted by molar-refractivity contribution is -0.151. The van der Waals surface area contributed by atoms with Gasteiger partial charge in [0.15, 0.2) is 0 Å². The van der Waals surface area contributed by atoms with Gasteiger partial charge in [0.25, 0.3) is 0 Å². The lowest BCUT2D eigenvalue weighted by Gasteiger charge is -2.29. The van der Waals surface area contributed by atoms with E-state index in [1.54, 1.807) is 26.0 Å². The highest BCUT2D eigenvalue weighted by Gasteiger charge is 2.36. The van der Waals surface area contributed by atoms with Crippen LogP contribution in [-0.4, -0.2) is 30.8 Å². The molecule has 2 N–H and O–H groups in total. The van der Waals surface area contributed by atoms with E-state index in [1.807, 2.05) is 0 Å². The summed E-state index contributed by atoms with van der Waals surface area (Å²) in [5.41, 5.74) is 7.85. The second-order valence-electron chi connectivity index (χ2n) is 4.27. The zero-order chi connectivity index (χ0) is 15.0. The first-order chi connectivity index (χ1) is 9.54. The Labute approximate surface area is 117 Å². The van der Waals surface area contributed by atoms with E-state index in [0.29, 0.717) is 12.1 Å². The minimum absolute atomic E-state index is 0.119. The fourth-order valence-electron chi connectivity index (χ4n) is 1.76. The lowest BCUT2D eigenvalue weighted by Crippen LogP contribution is -2.48. The number of hydrogen-bond donors (Lipinski definition) is 2. The summed E-state index contributed by atoms with van der Waals surface area (Å²) in [7, 11) is 0. The van der Waals surface area contributed by atoms with Crippen molar-refractivity contribution in [3.8, 4) is 5.75 Å². The van der Waals surface area contributed by atoms with Crippen molar-refractivity contribution in [3.63, 3.8) is 0 Å². The number of aromatic hydroxyl groups is 1. The van der Waals surface area contributed by atoms with E-state index in [9.17, 15) is 9.90 Å². The van der Waals surface area contributed by atoms with Gasteiger partial charge in [0, 0.05) is 18.0 Å². The van der Waals surface area contributed by atoms with Crippen molar-refractivity contribution in [1.82, 2.24) is 5.32 Å². The Hall–Kier alpha value is -2.24. The Kier molecular flexibility index (Phi) is 5.83. The number of carbonyl (C=O) groups excluding carboxylic acids is 1. The molecule has 0 heterocycles. The summed E-state index contributed by atoms with van der Waals surface area (Å²) in [4.78, 5) is 14.8. The molecule has 1 aromatic rings. The zero-order valence-electron chi connectivity index (χ0n) is 11.5. The van der Waals surface area contributed by atoms with Gasteiger partial charge in [-0.25, -0.2) is 4.79 Å². The van der Waals surface area contributed by atoms with Crippen LogP contribution in [-0.2, 0) is 15.1 Å². The summed E-state index contributed by atoms with van der Waals surface area (Å²) >= 11 is 0. The van der Waals surface area contributed by atoms with Crippen LogP contribution in [0.2, 0.25) is 0 Å². The van der Waals surface area contributed by atoms with Crippen molar-refractivity contribution in [3.05, 3.63) is 40.3 Å². The number of hydrogen-bond acceptors (Lipinski definition) is 5. The molecule has 0 spiro atoms. The Morgan fingerprint density at radius 1 is 1.50 bits per heavy atom. The van der Waals surface area contributed by atoms with Crippen LogP contribution in [0.4, 0.5) is 0 Å². The SMILES string of the molecule is CCOC(=O)C(C)(NCCN=[N+]=[N-])c1ccc(O)cc1. The van der Waals surface area contributed by atoms with Crippen LogP contribution in [0.1, 0.15) is 19.4 Å². The van der Waals surface area contributed by atoms with Gasteiger partial charge in [-0.05, 0) is 37.1 Å². The van der Waals surface area contributed by atoms with Crippen LogP contribution in [0.5, 0.6) is 5.75 Å². The summed E-state index contributed by atoms with van der Waals surface area (Å²) in [6.07, 6.45) is 0. The number of rotatable bonds is 7. The lowest BCUT2D eigenvalue weighted by atomic mass is 9.92. The summed E-state index contributed by atoms with van der Waals surface area (Å²) in [6, 6.07) is 6.30. The van der Waals surface area contributed by atoms with E-state index < -0.39 is 11.5 Å². The topological polar surface area (TPSA) is 107 Å². The van der Waals surface area contributed by atoms with Crippen molar-refractivity contribution >= 4 is 5.97 Å². The monoisotopic (exact) mass is 278 g/mol. The highest BCUT2D eigenvalue weighted by Crippen LogP contribution is 2.24. The molecule has 0 aliphatic heterocycles. The molecule has 108 valence electrons. The molecule has 0 amide bonds. The third-order valence-electron chi connectivity index (χ3n) is 2.88. The van der Waals surface area contributed by atoms with Crippen molar-refractivity contribution < 1.29 is 14.6 Å². The summed E-state index contributed by atoms with van der Waals surface area (Å²) < 4.78 is 5.08. The van der Waals surface area contributed by atoms with Gasteiger partial charge in [0.1, 0.15) is 11.3 Å². The Morgan fingerprint density at radius 3 is 2.70 bits per heavy atom. The van der Waals surface area contributed by atoms with Crippen molar-refractivity contribution in [2.75, 3.05) is 19.7 Å². The molecule has 0 aliphatic rings. The fourth-order valence-corrected chi connectivity index (χ4v) is 1.76. The van der Waals surface area contributed by atoms with Crippen LogP contribution in [0, 0.1) is 0 Å². The van der Waals surface area contributed by atoms with Crippen LogP contribution < -0.4 is 5.32 Å². The largest absolute Gasteiger partial charge is 0.508 e. The molecule has 0 radical (unpaired) electrons. The predicted octanol–water partition coefficient (Wildman–Crippen LogP) is 2.07. The number of esters is 1. The molecular formula is C13H18N4O3. The normalized spacial score (nSPS) is 13.1. The standard InChI is InChI=1S/C13H18N4O3/c1-3-20-12(19)13(2,15-8-9-16-17-14)10-4-6-11(18)7-5-10/h4-7,15,18H,3,8-9H2,1-2H3. The molecule has 0 saturated carbocycles. The second kappa shape index (κ2) is 7.37. The van der Waals surface area contributed by atoms with E-state index >= 15 is 0 Å². The van der Waals surface area contributed by atoms with E-state index in [2.05, 4.69) is 15.3 Å². The second-order valence-corrected chi connectivity index (χ2v) is 4.27. The first kappa shape index (κ1) is 15.8. The maximum atomic E-state index is 12.2. The molecule has 0 fully saturated rings. The molecule has 0 aromatic heterocycles. The maximum Gasteiger partial charge on any atom is 0.330 e. The smallest absolute Gasteiger partial charge is 0.330 e. The number of benzene rings is 1. The highest BCUT2D eigenvalue weighted by molar-refractivity contribution is 5.82. The van der Waals surface area contributed by atoms with Gasteiger partial charge in [-0.2, -0.15) is 0 Å². The van der Waals surface area contributed by atoms with Gasteiger partial charge in [-0.1, -0.05) is 17.2 Å². The van der Waals surface area contributed by atoms with Crippen molar-refractivity contribution in [2.45, 2.75) is 19.4 Å². The summed E-state index contributed by atoms with van der Waals surface area (Å²) in [6.45, 7) is 4.25. The van der Waals surface area contributed by atoms with Crippen LogP contribution in [0.25, 0.3) is 10.4 Å². The summed E-state index contributed by atoms with van der Waals surface area (Å²) in [5.74, 6) is -0.305. The molecular weight excluding hydrogens is 260 g/mol. The number of nitrogens with one attached hydrogen (secondary N) is 1. The average Bonchev–Trinajstić information content (AvgIpc) is 2.44. The molecule has 0 aliphatic carbocycles. The van der Waals surface area contributed by atoms with E-state index in [0.717, 1.165) is 0 Å². The van der Waals surface area contributed by atoms with Gasteiger partial charge in [0.05, 0.1) is 6.61 Å². The van der Waals surface area contributed by atoms with Gasteiger partial charge in [-0.15, -0.1) is 0 Å². The first-order valence-electron chi connectivity index (χ1n) is 6.27. The average molecular weight is 278 g/mol. The summed E-state index contributed by atoms with van der Waals surface area (Å²) in [5, 5.41) is 15.8. The molecule has 7 heteroatoms. The Morgan fingerprint density at radius 2 is 2.15 bits per heavy atom. The van der Waals surface area contributed by atoms with Gasteiger partial charge in [-0.3, -0.25) is 5.32 Å². The predicted molar refractivity (Wildman–Crippen MR) is 74.1 cm³/mol. The van der Waals surface area contributed by atoms with Crippen molar-refractivity contribution in [1.29, 1.82) is 0 Å². The van der Waals surface area contributed by atoms with E-state index in [1.165, 1.54) is 12.1 Å². The molecule has 0 bridgehead atoms. The third kappa shape index (κ3) is 3.88. The number of azide groups is 1. The first-order valence-corrected chi connectivity index (χ1v) is 6.27. The molecule has 1 atom stereocenters. The minimum atomic E-state index is -1.06. The third-order valence-corrected chi connectivity index (χ3v) is 2.88. The van der Waals surface area contributed by atoms with Crippen LogP contribution in [0.3, 0.4) is 0 Å². The van der Waals surface area contributed by atoms with Gasteiger partial charge < -0.3 is 9.84 Å². The number of nitrogens with zero attached hydrogens (tertiary/aromatic N) is 3. The van der Waals surface area contributed by atoms with E-state index in [4.69, 9.17) is 10.3 Å². The van der Waals surface area contributed by atoms with Gasteiger partial charge in [0.2, 0.25) is 0 Å². The molecule has 1 rings (SSSR count). The fraction of sp³-hybridized carbons (Fsp3) is 0.462. The quantitative estimate of drug-likeness (QED) is 0.262. The van der Waals surface area contributed by atoms with Crippen LogP contribution >= 0.6 is 0 Å². The minimum Gasteiger partial charge on any atom is -0.508 e. The molecule has 0 saturated heterocycles. The number of phenolic OH excluding ortho intramolecular Hbond substituents is 1. The molecule has 1 aromatic carbocycles. The maximum absolute atomic E-state index is 12.2. The molecule has 20 heavy (non-hydrogen) atoms. The zero-order valence-corrected chi connectivity index (χ0v) is 11.5. The molecule has 1 unspecified atom stereocenters. The molecule has 7 nitrogen and oxygen atoms in total. The highest BCUT2D eigenvalue weighted by atomic mass is 16.5. The Balaban J connectivity index is 2.96. The van der Waals surface area contributed by atoms with Gasteiger partial charge >= 0.3 is 5.97 Å². The van der Waals surface area contributed by atoms with Crippen LogP contribution in [0.15, 0.2) is 29.4 Å². The number of ether oxygens (including phenoxy) is 1. The number of phenols is 1. The van der Waals surface area contributed by atoms with E-state index in [-0.39, 0.29) is 18.9 Å².